The Hall–Kier alpha value is -1.00. The lowest BCUT2D eigenvalue weighted by molar-refractivity contribution is -0.0584. The number of hydrogen-bond acceptors (Lipinski definition) is 1. The largest absolute Gasteiger partial charge is 0.435 e. The standard InChI is InChI=1S/C8H8F3N2/c9-8(10,11)7-5-3-1-2-4-6(5)12-13-7/h1-4H2. The normalized spacial score (nSPS) is 22.5. The van der Waals surface area contributed by atoms with Crippen molar-refractivity contribution >= 4 is 5.71 Å². The first-order valence-corrected chi connectivity index (χ1v) is 4.17. The smallest absolute Gasteiger partial charge is 0.164 e. The van der Waals surface area contributed by atoms with Gasteiger partial charge in [0.15, 0.2) is 5.71 Å². The summed E-state index contributed by atoms with van der Waals surface area (Å²) >= 11 is 0. The van der Waals surface area contributed by atoms with Gasteiger partial charge in [-0.25, -0.2) is 0 Å². The predicted octanol–water partition coefficient (Wildman–Crippen LogP) is 2.35. The number of nitrogens with zero attached hydrogens (tertiary/aromatic N) is 2. The molecule has 0 spiro atoms. The van der Waals surface area contributed by atoms with Crippen molar-refractivity contribution in [2.75, 3.05) is 0 Å². The molecule has 0 atom stereocenters. The molecular weight excluding hydrogens is 181 g/mol. The van der Waals surface area contributed by atoms with E-state index in [1.54, 1.807) is 0 Å². The maximum atomic E-state index is 12.3. The second-order valence-electron chi connectivity index (χ2n) is 3.18. The van der Waals surface area contributed by atoms with Crippen molar-refractivity contribution < 1.29 is 13.2 Å². The molecule has 0 aromatic carbocycles. The summed E-state index contributed by atoms with van der Waals surface area (Å²) in [6.07, 6.45) is -1.50. The van der Waals surface area contributed by atoms with Gasteiger partial charge in [-0.1, -0.05) is 0 Å². The van der Waals surface area contributed by atoms with Crippen LogP contribution in [0.1, 0.15) is 25.7 Å². The van der Waals surface area contributed by atoms with E-state index in [1.165, 1.54) is 0 Å². The molecule has 0 bridgehead atoms. The third kappa shape index (κ3) is 1.43. The zero-order chi connectivity index (χ0) is 9.47. The molecule has 2 rings (SSSR count). The summed E-state index contributed by atoms with van der Waals surface area (Å²) in [6.45, 7) is 0. The van der Waals surface area contributed by atoms with E-state index < -0.39 is 11.9 Å². The Morgan fingerprint density at radius 3 is 2.46 bits per heavy atom. The Bertz CT molecular complexity index is 288. The Morgan fingerprint density at radius 2 is 1.77 bits per heavy atom. The summed E-state index contributed by atoms with van der Waals surface area (Å²) in [5.74, 6) is 0. The molecule has 0 saturated carbocycles. The van der Waals surface area contributed by atoms with Gasteiger partial charge in [0, 0.05) is 5.57 Å². The van der Waals surface area contributed by atoms with Crippen LogP contribution in [0.5, 0.6) is 0 Å². The minimum Gasteiger partial charge on any atom is -0.164 e. The summed E-state index contributed by atoms with van der Waals surface area (Å²) in [5, 5.41) is 3.19. The molecule has 0 fully saturated rings. The summed E-state index contributed by atoms with van der Waals surface area (Å²) in [5.41, 5.74) is 3.64. The molecule has 2 nitrogen and oxygen atoms in total. The van der Waals surface area contributed by atoms with Crippen molar-refractivity contribution in [1.29, 1.82) is 0 Å². The highest BCUT2D eigenvalue weighted by Gasteiger charge is 2.42. The number of halogens is 3. The van der Waals surface area contributed by atoms with Crippen LogP contribution < -0.4 is 5.43 Å². The maximum absolute atomic E-state index is 12.3. The molecule has 0 aromatic heterocycles. The van der Waals surface area contributed by atoms with Gasteiger partial charge in [0.25, 0.3) is 0 Å². The Morgan fingerprint density at radius 1 is 1.08 bits per heavy atom. The lowest BCUT2D eigenvalue weighted by Gasteiger charge is -2.14. The molecule has 5 heteroatoms. The van der Waals surface area contributed by atoms with E-state index in [-0.39, 0.29) is 0 Å². The monoisotopic (exact) mass is 189 g/mol. The molecule has 0 aromatic rings. The summed E-state index contributed by atoms with van der Waals surface area (Å²) in [4.78, 5) is 0. The summed E-state index contributed by atoms with van der Waals surface area (Å²) in [7, 11) is 0. The van der Waals surface area contributed by atoms with Gasteiger partial charge >= 0.3 is 6.18 Å². The van der Waals surface area contributed by atoms with Crippen LogP contribution in [-0.2, 0) is 0 Å². The molecular formula is C8H8F3N2. The second kappa shape index (κ2) is 2.75. The van der Waals surface area contributed by atoms with Gasteiger partial charge < -0.3 is 0 Å². The van der Waals surface area contributed by atoms with E-state index in [0.29, 0.717) is 24.1 Å². The van der Waals surface area contributed by atoms with Gasteiger partial charge in [0.2, 0.25) is 0 Å². The minimum atomic E-state index is -4.34. The van der Waals surface area contributed by atoms with E-state index in [0.717, 1.165) is 12.8 Å². The number of alkyl halides is 3. The first kappa shape index (κ1) is 8.59. The molecule has 0 unspecified atom stereocenters. The van der Waals surface area contributed by atoms with Gasteiger partial charge in [-0.15, -0.1) is 5.10 Å². The van der Waals surface area contributed by atoms with E-state index in [1.807, 2.05) is 0 Å². The topological polar surface area (TPSA) is 26.5 Å². The number of rotatable bonds is 0. The third-order valence-electron chi connectivity index (χ3n) is 2.26. The van der Waals surface area contributed by atoms with Crippen LogP contribution >= 0.6 is 0 Å². The fraction of sp³-hybridized carbons (Fsp3) is 0.625. The molecule has 0 N–H and O–H groups in total. The zero-order valence-electron chi connectivity index (χ0n) is 6.86. The van der Waals surface area contributed by atoms with Gasteiger partial charge in [0.05, 0.1) is 5.70 Å². The Balaban J connectivity index is 2.28. The molecule has 0 amide bonds. The lowest BCUT2D eigenvalue weighted by Crippen LogP contribution is -2.24. The highest BCUT2D eigenvalue weighted by molar-refractivity contribution is 6.06. The molecule has 1 aliphatic heterocycles. The fourth-order valence-corrected chi connectivity index (χ4v) is 1.65. The van der Waals surface area contributed by atoms with Crippen molar-refractivity contribution in [2.45, 2.75) is 31.9 Å². The van der Waals surface area contributed by atoms with Crippen LogP contribution in [0.15, 0.2) is 16.4 Å². The number of allylic oxidation sites excluding steroid dienone is 2. The molecule has 13 heavy (non-hydrogen) atoms. The van der Waals surface area contributed by atoms with Crippen LogP contribution in [0, 0.1) is 0 Å². The van der Waals surface area contributed by atoms with Crippen LogP contribution in [0.25, 0.3) is 0 Å². The lowest BCUT2D eigenvalue weighted by atomic mass is 9.94. The van der Waals surface area contributed by atoms with E-state index in [4.69, 9.17) is 0 Å². The van der Waals surface area contributed by atoms with E-state index in [9.17, 15) is 13.2 Å². The fourth-order valence-electron chi connectivity index (χ4n) is 1.65. The Labute approximate surface area is 73.5 Å². The average Bonchev–Trinajstić information content (AvgIpc) is 2.45. The van der Waals surface area contributed by atoms with E-state index in [2.05, 4.69) is 10.5 Å². The second-order valence-corrected chi connectivity index (χ2v) is 3.18. The molecule has 71 valence electrons. The first-order valence-electron chi connectivity index (χ1n) is 4.17. The zero-order valence-corrected chi connectivity index (χ0v) is 6.86. The molecule has 2 aliphatic rings. The van der Waals surface area contributed by atoms with Crippen molar-refractivity contribution in [1.82, 2.24) is 5.43 Å². The molecule has 0 saturated heterocycles. The van der Waals surface area contributed by atoms with Crippen molar-refractivity contribution in [2.24, 2.45) is 5.10 Å². The van der Waals surface area contributed by atoms with Crippen molar-refractivity contribution in [3.05, 3.63) is 11.3 Å². The number of hydrogen-bond donors (Lipinski definition) is 0. The van der Waals surface area contributed by atoms with Gasteiger partial charge in [-0.3, -0.25) is 0 Å². The van der Waals surface area contributed by atoms with Gasteiger partial charge in [-0.2, -0.15) is 18.6 Å². The highest BCUT2D eigenvalue weighted by atomic mass is 19.4. The minimum absolute atomic E-state index is 0.318. The van der Waals surface area contributed by atoms with E-state index >= 15 is 0 Å². The third-order valence-corrected chi connectivity index (χ3v) is 2.26. The quantitative estimate of drug-likeness (QED) is 0.559. The SMILES string of the molecule is FC(F)(F)C1=N[N]C2=C1CCCC2. The molecule has 1 aliphatic carbocycles. The summed E-state index contributed by atoms with van der Waals surface area (Å²) in [6, 6.07) is 0. The van der Waals surface area contributed by atoms with Gasteiger partial charge in [-0.05, 0) is 25.7 Å². The van der Waals surface area contributed by atoms with Crippen molar-refractivity contribution in [3.63, 3.8) is 0 Å². The molecule has 1 radical (unpaired) electrons. The predicted molar refractivity (Wildman–Crippen MR) is 41.1 cm³/mol. The van der Waals surface area contributed by atoms with Crippen LogP contribution in [0.4, 0.5) is 13.2 Å². The highest BCUT2D eigenvalue weighted by Crippen LogP contribution is 2.34. The van der Waals surface area contributed by atoms with Crippen LogP contribution in [0.3, 0.4) is 0 Å². The van der Waals surface area contributed by atoms with Crippen molar-refractivity contribution in [3.8, 4) is 0 Å². The Kier molecular flexibility index (Phi) is 1.82. The summed E-state index contributed by atoms with van der Waals surface area (Å²) < 4.78 is 36.9. The maximum Gasteiger partial charge on any atom is 0.435 e. The van der Waals surface area contributed by atoms with Crippen LogP contribution in [0.2, 0.25) is 0 Å². The average molecular weight is 189 g/mol. The van der Waals surface area contributed by atoms with Crippen LogP contribution in [-0.4, -0.2) is 11.9 Å². The molecule has 1 heterocycles. The first-order chi connectivity index (χ1) is 6.09. The van der Waals surface area contributed by atoms with Gasteiger partial charge in [0.1, 0.15) is 0 Å².